The maximum Gasteiger partial charge on any atom is 0.224 e. The quantitative estimate of drug-likeness (QED) is 0.388. The van der Waals surface area contributed by atoms with Crippen molar-refractivity contribution in [3.8, 4) is 0 Å². The molecule has 3 nitrogen and oxygen atoms in total. The molecule has 1 aromatic heterocycles. The molecule has 6 rings (SSSR count). The minimum Gasteiger partial charge on any atom is -0.356 e. The lowest BCUT2D eigenvalue weighted by molar-refractivity contribution is 0.417. The SMILES string of the molecule is Clc1nc2c(c(N3CC4CCC(C4)C3)n1)CCC(c1cccc3cccc(Br)c13)C2. The number of benzene rings is 2. The fourth-order valence-electron chi connectivity index (χ4n) is 6.14. The molecule has 1 saturated heterocycles. The van der Waals surface area contributed by atoms with Crippen molar-refractivity contribution in [1.82, 2.24) is 9.97 Å². The lowest BCUT2D eigenvalue weighted by atomic mass is 9.80. The molecule has 1 aliphatic heterocycles. The van der Waals surface area contributed by atoms with Gasteiger partial charge in [-0.1, -0.05) is 46.3 Å². The van der Waals surface area contributed by atoms with E-state index in [4.69, 9.17) is 21.6 Å². The van der Waals surface area contributed by atoms with Crippen molar-refractivity contribution in [2.24, 2.45) is 11.8 Å². The van der Waals surface area contributed by atoms with Crippen molar-refractivity contribution in [1.29, 1.82) is 0 Å². The number of halogens is 2. The van der Waals surface area contributed by atoms with Gasteiger partial charge in [0.2, 0.25) is 5.28 Å². The highest BCUT2D eigenvalue weighted by Crippen LogP contribution is 2.43. The summed E-state index contributed by atoms with van der Waals surface area (Å²) < 4.78 is 1.17. The van der Waals surface area contributed by atoms with E-state index in [2.05, 4.69) is 57.2 Å². The monoisotopic (exact) mass is 481 g/mol. The van der Waals surface area contributed by atoms with E-state index in [0.29, 0.717) is 11.2 Å². The predicted octanol–water partition coefficient (Wildman–Crippen LogP) is 6.55. The van der Waals surface area contributed by atoms with E-state index in [9.17, 15) is 0 Å². The molecule has 3 aromatic rings. The van der Waals surface area contributed by atoms with Crippen LogP contribution in [0.1, 0.15) is 48.4 Å². The van der Waals surface area contributed by atoms with Crippen LogP contribution in [-0.4, -0.2) is 23.1 Å². The number of nitrogens with zero attached hydrogens (tertiary/aromatic N) is 3. The van der Waals surface area contributed by atoms with Crippen LogP contribution >= 0.6 is 27.5 Å². The molecule has 0 N–H and O–H groups in total. The fourth-order valence-corrected chi connectivity index (χ4v) is 6.93. The van der Waals surface area contributed by atoms with Crippen molar-refractivity contribution >= 4 is 44.1 Å². The summed E-state index contributed by atoms with van der Waals surface area (Å²) in [5.41, 5.74) is 3.91. The number of anilines is 1. The summed E-state index contributed by atoms with van der Waals surface area (Å²) >= 11 is 10.2. The van der Waals surface area contributed by atoms with E-state index in [0.717, 1.165) is 55.7 Å². The van der Waals surface area contributed by atoms with Crippen molar-refractivity contribution in [2.45, 2.75) is 44.4 Å². The summed E-state index contributed by atoms with van der Waals surface area (Å²) in [6.45, 7) is 2.27. The van der Waals surface area contributed by atoms with E-state index >= 15 is 0 Å². The highest BCUT2D eigenvalue weighted by atomic mass is 79.9. The maximum absolute atomic E-state index is 6.45. The van der Waals surface area contributed by atoms with Crippen LogP contribution in [0.15, 0.2) is 40.9 Å². The number of rotatable bonds is 2. The van der Waals surface area contributed by atoms with Gasteiger partial charge in [0.15, 0.2) is 0 Å². The lowest BCUT2D eigenvalue weighted by Crippen LogP contribution is -2.38. The van der Waals surface area contributed by atoms with Gasteiger partial charge in [0.25, 0.3) is 0 Å². The number of aromatic nitrogens is 2. The molecular weight excluding hydrogens is 458 g/mol. The van der Waals surface area contributed by atoms with Crippen LogP contribution in [-0.2, 0) is 12.8 Å². The Kier molecular flexibility index (Phi) is 4.76. The molecule has 2 aromatic carbocycles. The van der Waals surface area contributed by atoms with Gasteiger partial charge in [-0.2, -0.15) is 0 Å². The molecule has 5 heteroatoms. The molecule has 0 amide bonds. The normalized spacial score (nSPS) is 25.5. The summed E-state index contributed by atoms with van der Waals surface area (Å²) in [6, 6.07) is 13.1. The highest BCUT2D eigenvalue weighted by molar-refractivity contribution is 9.10. The maximum atomic E-state index is 6.45. The molecule has 2 fully saturated rings. The molecule has 30 heavy (non-hydrogen) atoms. The molecule has 2 heterocycles. The molecule has 3 atom stereocenters. The Labute approximate surface area is 191 Å². The van der Waals surface area contributed by atoms with Crippen LogP contribution in [0, 0.1) is 11.8 Å². The average Bonchev–Trinajstić information content (AvgIpc) is 3.10. The van der Waals surface area contributed by atoms with Crippen molar-refractivity contribution < 1.29 is 0 Å². The molecule has 154 valence electrons. The first-order valence-corrected chi connectivity index (χ1v) is 12.3. The van der Waals surface area contributed by atoms with Gasteiger partial charge in [0, 0.05) is 23.1 Å². The molecule has 0 spiro atoms. The molecule has 0 radical (unpaired) electrons. The van der Waals surface area contributed by atoms with Gasteiger partial charge in [-0.15, -0.1) is 0 Å². The minimum absolute atomic E-state index is 0.404. The third-order valence-corrected chi connectivity index (χ3v) is 8.29. The Balaban J connectivity index is 1.37. The van der Waals surface area contributed by atoms with E-state index in [1.807, 2.05) is 0 Å². The van der Waals surface area contributed by atoms with Gasteiger partial charge in [0.05, 0.1) is 5.69 Å². The zero-order valence-electron chi connectivity index (χ0n) is 17.0. The Morgan fingerprint density at radius 2 is 1.73 bits per heavy atom. The van der Waals surface area contributed by atoms with Gasteiger partial charge >= 0.3 is 0 Å². The Morgan fingerprint density at radius 1 is 0.967 bits per heavy atom. The van der Waals surface area contributed by atoms with Crippen molar-refractivity contribution in [3.63, 3.8) is 0 Å². The van der Waals surface area contributed by atoms with E-state index in [1.165, 1.54) is 45.6 Å². The minimum atomic E-state index is 0.404. The molecule has 2 bridgehead atoms. The number of piperidine rings is 1. The van der Waals surface area contributed by atoms with Gasteiger partial charge in [-0.25, -0.2) is 9.97 Å². The molecular formula is C25H25BrClN3. The van der Waals surface area contributed by atoms with Gasteiger partial charge in [-0.3, -0.25) is 0 Å². The average molecular weight is 483 g/mol. The summed E-state index contributed by atoms with van der Waals surface area (Å²) in [5.74, 6) is 3.24. The summed E-state index contributed by atoms with van der Waals surface area (Å²) in [6.07, 6.45) is 7.24. The first-order chi connectivity index (χ1) is 14.7. The zero-order valence-corrected chi connectivity index (χ0v) is 19.3. The second-order valence-electron chi connectivity index (χ2n) is 9.32. The Morgan fingerprint density at radius 3 is 2.53 bits per heavy atom. The second-order valence-corrected chi connectivity index (χ2v) is 10.5. The zero-order chi connectivity index (χ0) is 20.2. The summed E-state index contributed by atoms with van der Waals surface area (Å²) in [4.78, 5) is 12.0. The molecule has 3 aliphatic rings. The van der Waals surface area contributed by atoms with E-state index in [-0.39, 0.29) is 0 Å². The fraction of sp³-hybridized carbons (Fsp3) is 0.440. The first-order valence-electron chi connectivity index (χ1n) is 11.1. The van der Waals surface area contributed by atoms with Crippen LogP contribution in [0.3, 0.4) is 0 Å². The first kappa shape index (κ1) is 19.1. The van der Waals surface area contributed by atoms with Crippen LogP contribution < -0.4 is 4.90 Å². The Bertz CT molecular complexity index is 1110. The molecule has 2 aliphatic carbocycles. The van der Waals surface area contributed by atoms with Crippen molar-refractivity contribution in [2.75, 3.05) is 18.0 Å². The van der Waals surface area contributed by atoms with Gasteiger partial charge in [0.1, 0.15) is 5.82 Å². The number of hydrogen-bond donors (Lipinski definition) is 0. The Hall–Kier alpha value is -1.65. The van der Waals surface area contributed by atoms with Gasteiger partial charge < -0.3 is 4.90 Å². The largest absolute Gasteiger partial charge is 0.356 e. The number of hydrogen-bond acceptors (Lipinski definition) is 3. The van der Waals surface area contributed by atoms with E-state index in [1.54, 1.807) is 0 Å². The molecule has 1 saturated carbocycles. The van der Waals surface area contributed by atoms with E-state index < -0.39 is 0 Å². The number of fused-ring (bicyclic) bond motifs is 4. The third kappa shape index (κ3) is 3.23. The van der Waals surface area contributed by atoms with Gasteiger partial charge in [-0.05, 0) is 90.3 Å². The predicted molar refractivity (Wildman–Crippen MR) is 127 cm³/mol. The molecule has 3 unspecified atom stereocenters. The smallest absolute Gasteiger partial charge is 0.224 e. The summed E-state index contributed by atoms with van der Waals surface area (Å²) in [7, 11) is 0. The second kappa shape index (κ2) is 7.49. The standard InChI is InChI=1S/C25H25BrClN3/c26-21-6-2-4-17-3-1-5-19(23(17)21)18-9-10-20-22(12-18)28-25(27)29-24(20)30-13-15-7-8-16(11-15)14-30/h1-6,15-16,18H,7-14H2. The summed E-state index contributed by atoms with van der Waals surface area (Å²) in [5, 5.41) is 3.03. The topological polar surface area (TPSA) is 29.0 Å². The van der Waals surface area contributed by atoms with Crippen LogP contribution in [0.4, 0.5) is 5.82 Å². The highest BCUT2D eigenvalue weighted by Gasteiger charge is 2.36. The van der Waals surface area contributed by atoms with Crippen LogP contribution in [0.2, 0.25) is 5.28 Å². The van der Waals surface area contributed by atoms with Crippen LogP contribution in [0.5, 0.6) is 0 Å². The van der Waals surface area contributed by atoms with Crippen LogP contribution in [0.25, 0.3) is 10.8 Å². The third-order valence-electron chi connectivity index (χ3n) is 7.46. The lowest BCUT2D eigenvalue weighted by Gasteiger charge is -2.36. The van der Waals surface area contributed by atoms with Crippen molar-refractivity contribution in [3.05, 3.63) is 63.0 Å².